The molecular weight excluding hydrogens is 691 g/mol. The van der Waals surface area contributed by atoms with Crippen molar-refractivity contribution in [2.24, 2.45) is 0 Å². The lowest BCUT2D eigenvalue weighted by molar-refractivity contribution is 0.0470. The highest BCUT2D eigenvalue weighted by Gasteiger charge is 2.25. The maximum atomic E-state index is 13.4. The van der Waals surface area contributed by atoms with Crippen LogP contribution in [0.15, 0.2) is 49.1 Å². The van der Waals surface area contributed by atoms with Crippen LogP contribution in [-0.4, -0.2) is 107 Å². The highest BCUT2D eigenvalue weighted by molar-refractivity contribution is 6.76. The molecule has 4 aromatic rings. The van der Waals surface area contributed by atoms with Gasteiger partial charge in [0.2, 0.25) is 0 Å². The molecular formula is C38H53N9O5Si. The summed E-state index contributed by atoms with van der Waals surface area (Å²) in [7, 11) is -1.26. The van der Waals surface area contributed by atoms with Crippen molar-refractivity contribution >= 4 is 42.6 Å². The van der Waals surface area contributed by atoms with Crippen LogP contribution < -0.4 is 15.5 Å². The van der Waals surface area contributed by atoms with Crippen LogP contribution in [0.4, 0.5) is 16.3 Å². The van der Waals surface area contributed by atoms with Crippen LogP contribution in [0.5, 0.6) is 0 Å². The third-order valence-electron chi connectivity index (χ3n) is 9.17. The number of anilines is 2. The number of nitrogens with one attached hydrogen (secondary N) is 2. The van der Waals surface area contributed by atoms with Crippen LogP contribution in [0.2, 0.25) is 25.7 Å². The summed E-state index contributed by atoms with van der Waals surface area (Å²) in [5.41, 5.74) is 3.67. The Morgan fingerprint density at radius 1 is 1.02 bits per heavy atom. The molecule has 284 valence electrons. The SMILES string of the molecule is CC(C)(C)OC(=O)N[C@@H]1CCCN(Cc2ccnc(C(=O)Nc3ccc(-c4cc5c(N6CCOCC6)ncnc5n4COCC[Si](C)(C)C)nc3)c2)C1. The van der Waals surface area contributed by atoms with Crippen molar-refractivity contribution in [3.05, 3.63) is 60.3 Å². The summed E-state index contributed by atoms with van der Waals surface area (Å²) < 4.78 is 19.3. The minimum Gasteiger partial charge on any atom is -0.444 e. The third kappa shape index (κ3) is 10.6. The fraction of sp³-hybridized carbons (Fsp3) is 0.526. The van der Waals surface area contributed by atoms with Gasteiger partial charge in [-0.15, -0.1) is 0 Å². The average Bonchev–Trinajstić information content (AvgIpc) is 3.48. The molecule has 4 aromatic heterocycles. The molecule has 2 aliphatic rings. The van der Waals surface area contributed by atoms with E-state index >= 15 is 0 Å². The number of piperidine rings is 1. The van der Waals surface area contributed by atoms with Gasteiger partial charge in [0.15, 0.2) is 0 Å². The Hall–Kier alpha value is -4.44. The first-order chi connectivity index (χ1) is 25.3. The van der Waals surface area contributed by atoms with Gasteiger partial charge >= 0.3 is 6.09 Å². The van der Waals surface area contributed by atoms with Crippen molar-refractivity contribution in [1.29, 1.82) is 0 Å². The van der Waals surface area contributed by atoms with Crippen molar-refractivity contribution in [1.82, 2.24) is 34.7 Å². The number of nitrogens with zero attached hydrogens (tertiary/aromatic N) is 7. The normalized spacial score (nSPS) is 17.2. The molecule has 14 nitrogen and oxygen atoms in total. The van der Waals surface area contributed by atoms with E-state index in [1.54, 1.807) is 18.7 Å². The molecule has 53 heavy (non-hydrogen) atoms. The molecule has 2 N–H and O–H groups in total. The number of aromatic nitrogens is 5. The van der Waals surface area contributed by atoms with Crippen molar-refractivity contribution in [3.63, 3.8) is 0 Å². The molecule has 6 heterocycles. The zero-order chi connectivity index (χ0) is 37.6. The second-order valence-electron chi connectivity index (χ2n) is 16.0. The number of pyridine rings is 2. The van der Waals surface area contributed by atoms with Crippen LogP contribution in [0, 0.1) is 0 Å². The Labute approximate surface area is 312 Å². The second kappa shape index (κ2) is 16.7. The van der Waals surface area contributed by atoms with Gasteiger partial charge in [-0.1, -0.05) is 19.6 Å². The number of carbonyl (C=O) groups is 2. The number of likely N-dealkylation sites (tertiary alicyclic amines) is 1. The van der Waals surface area contributed by atoms with E-state index in [-0.39, 0.29) is 11.9 Å². The molecule has 0 saturated carbocycles. The van der Waals surface area contributed by atoms with Crippen LogP contribution in [0.1, 0.15) is 49.7 Å². The molecule has 2 aliphatic heterocycles. The van der Waals surface area contributed by atoms with Crippen molar-refractivity contribution in [2.45, 2.75) is 84.2 Å². The molecule has 0 aromatic carbocycles. The van der Waals surface area contributed by atoms with Gasteiger partial charge in [0.25, 0.3) is 5.91 Å². The Morgan fingerprint density at radius 3 is 2.57 bits per heavy atom. The van der Waals surface area contributed by atoms with E-state index in [9.17, 15) is 9.59 Å². The quantitative estimate of drug-likeness (QED) is 0.134. The first-order valence-electron chi connectivity index (χ1n) is 18.5. The monoisotopic (exact) mass is 743 g/mol. The Morgan fingerprint density at radius 2 is 1.83 bits per heavy atom. The molecule has 0 radical (unpaired) electrons. The fourth-order valence-corrected chi connectivity index (χ4v) is 7.27. The minimum atomic E-state index is -1.26. The van der Waals surface area contributed by atoms with Gasteiger partial charge in [-0.3, -0.25) is 24.2 Å². The summed E-state index contributed by atoms with van der Waals surface area (Å²) in [5.74, 6) is 0.552. The van der Waals surface area contributed by atoms with Gasteiger partial charge in [-0.05, 0) is 82.1 Å². The fourth-order valence-electron chi connectivity index (χ4n) is 6.52. The lowest BCUT2D eigenvalue weighted by atomic mass is 10.0. The first kappa shape index (κ1) is 38.3. The number of hydrogen-bond acceptors (Lipinski definition) is 11. The Balaban J connectivity index is 1.13. The molecule has 15 heteroatoms. The lowest BCUT2D eigenvalue weighted by Gasteiger charge is -2.33. The first-order valence-corrected chi connectivity index (χ1v) is 22.2. The van der Waals surface area contributed by atoms with Crippen molar-refractivity contribution < 1.29 is 23.8 Å². The van der Waals surface area contributed by atoms with Crippen LogP contribution in [-0.2, 0) is 27.5 Å². The van der Waals surface area contributed by atoms with E-state index in [1.807, 2.05) is 45.0 Å². The van der Waals surface area contributed by atoms with Crippen LogP contribution in [0.25, 0.3) is 22.4 Å². The topological polar surface area (TPSA) is 149 Å². The summed E-state index contributed by atoms with van der Waals surface area (Å²) in [6.45, 7) is 18.7. The molecule has 0 aliphatic carbocycles. The predicted octanol–water partition coefficient (Wildman–Crippen LogP) is 5.78. The Bertz CT molecular complexity index is 1870. The lowest BCUT2D eigenvalue weighted by Crippen LogP contribution is -2.48. The summed E-state index contributed by atoms with van der Waals surface area (Å²) in [5, 5.41) is 6.89. The number of ether oxygens (including phenoxy) is 3. The molecule has 1 atom stereocenters. The molecule has 2 saturated heterocycles. The highest BCUT2D eigenvalue weighted by Crippen LogP contribution is 2.32. The van der Waals surface area contributed by atoms with Crippen LogP contribution in [0.3, 0.4) is 0 Å². The van der Waals surface area contributed by atoms with Gasteiger partial charge in [0.05, 0.1) is 41.9 Å². The zero-order valence-electron chi connectivity index (χ0n) is 31.9. The standard InChI is InChI=1S/C38H53N9O5Si/c1-38(2,3)52-37(49)44-29-8-7-13-45(24-29)23-27-11-12-39-32(20-27)36(48)43-28-9-10-31(40-22-28)33-21-30-34(46-14-16-50-17-15-46)41-25-42-35(30)47(33)26-51-18-19-53(4,5)6/h9-12,20-22,25,29H,7-8,13-19,23-24,26H2,1-6H3,(H,43,48)(H,44,49)/t29-/m1/s1. The van der Waals surface area contributed by atoms with Gasteiger partial charge < -0.3 is 29.7 Å². The number of hydrogen-bond donors (Lipinski definition) is 2. The van der Waals surface area contributed by atoms with E-state index in [4.69, 9.17) is 19.2 Å². The predicted molar refractivity (Wildman–Crippen MR) is 208 cm³/mol. The van der Waals surface area contributed by atoms with E-state index < -0.39 is 19.8 Å². The zero-order valence-corrected chi connectivity index (χ0v) is 32.9. The molecule has 6 rings (SSSR count). The smallest absolute Gasteiger partial charge is 0.407 e. The minimum absolute atomic E-state index is 0.00200. The van der Waals surface area contributed by atoms with Crippen molar-refractivity contribution in [3.8, 4) is 11.4 Å². The number of morpholine rings is 1. The van der Waals surface area contributed by atoms with E-state index in [1.165, 1.54) is 0 Å². The Kier molecular flexibility index (Phi) is 12.1. The van der Waals surface area contributed by atoms with E-state index in [0.29, 0.717) is 51.0 Å². The average molecular weight is 744 g/mol. The summed E-state index contributed by atoms with van der Waals surface area (Å²) >= 11 is 0. The third-order valence-corrected chi connectivity index (χ3v) is 10.9. The number of fused-ring (bicyclic) bond motifs is 1. The molecule has 0 unspecified atom stereocenters. The maximum Gasteiger partial charge on any atom is 0.407 e. The highest BCUT2D eigenvalue weighted by atomic mass is 28.3. The van der Waals surface area contributed by atoms with Gasteiger partial charge in [0, 0.05) is 53.1 Å². The number of amides is 2. The molecule has 2 amide bonds. The summed E-state index contributed by atoms with van der Waals surface area (Å²) in [6, 6.07) is 10.6. The second-order valence-corrected chi connectivity index (χ2v) is 21.6. The molecule has 2 fully saturated rings. The van der Waals surface area contributed by atoms with Crippen molar-refractivity contribution in [2.75, 3.05) is 56.2 Å². The van der Waals surface area contributed by atoms with Gasteiger partial charge in [-0.2, -0.15) is 0 Å². The maximum absolute atomic E-state index is 13.4. The van der Waals surface area contributed by atoms with Gasteiger partial charge in [0.1, 0.15) is 35.8 Å². The molecule has 0 bridgehead atoms. The van der Waals surface area contributed by atoms with E-state index in [2.05, 4.69) is 65.7 Å². The number of carbonyl (C=O) groups excluding carboxylic acids is 2. The molecule has 0 spiro atoms. The van der Waals surface area contributed by atoms with Gasteiger partial charge in [-0.25, -0.2) is 14.8 Å². The number of alkyl carbamates (subject to hydrolysis) is 1. The summed E-state index contributed by atoms with van der Waals surface area (Å²) in [6.07, 6.45) is 6.38. The number of rotatable bonds is 12. The largest absolute Gasteiger partial charge is 0.444 e. The van der Waals surface area contributed by atoms with Crippen LogP contribution >= 0.6 is 0 Å². The summed E-state index contributed by atoms with van der Waals surface area (Å²) in [4.78, 5) is 48.6. The van der Waals surface area contributed by atoms with E-state index in [0.717, 1.165) is 72.3 Å².